The second-order valence-electron chi connectivity index (χ2n) is 5.24. The van der Waals surface area contributed by atoms with Gasteiger partial charge in [-0.15, -0.1) is 0 Å². The summed E-state index contributed by atoms with van der Waals surface area (Å²) in [6, 6.07) is 15.8. The Balaban J connectivity index is 1.74. The molecule has 0 saturated heterocycles. The fraction of sp³-hybridized carbons (Fsp3) is 0.278. The maximum absolute atomic E-state index is 11.8. The van der Waals surface area contributed by atoms with Crippen LogP contribution in [-0.2, 0) is 24.2 Å². The van der Waals surface area contributed by atoms with Gasteiger partial charge in [0.05, 0.1) is 13.0 Å². The zero-order valence-corrected chi connectivity index (χ0v) is 12.3. The third-order valence-corrected chi connectivity index (χ3v) is 3.43. The summed E-state index contributed by atoms with van der Waals surface area (Å²) in [5.74, 6) is 0.0471. The lowest BCUT2D eigenvalue weighted by atomic mass is 10.1. The monoisotopic (exact) mass is 283 g/mol. The van der Waals surface area contributed by atoms with Gasteiger partial charge in [0.15, 0.2) is 0 Å². The van der Waals surface area contributed by atoms with E-state index in [2.05, 4.69) is 5.32 Å². The number of aryl methyl sites for hydroxylation is 1. The van der Waals surface area contributed by atoms with Crippen LogP contribution in [0.25, 0.3) is 0 Å². The van der Waals surface area contributed by atoms with Crippen molar-refractivity contribution in [2.45, 2.75) is 26.4 Å². The maximum Gasteiger partial charge on any atom is 0.224 e. The predicted molar refractivity (Wildman–Crippen MR) is 84.0 cm³/mol. The van der Waals surface area contributed by atoms with Gasteiger partial charge in [-0.05, 0) is 30.0 Å². The summed E-state index contributed by atoms with van der Waals surface area (Å²) in [5, 5.41) is 11.9. The summed E-state index contributed by atoms with van der Waals surface area (Å²) >= 11 is 0. The molecule has 0 saturated carbocycles. The van der Waals surface area contributed by atoms with Crippen molar-refractivity contribution < 1.29 is 9.90 Å². The molecular weight excluding hydrogens is 262 g/mol. The summed E-state index contributed by atoms with van der Waals surface area (Å²) < 4.78 is 0. The van der Waals surface area contributed by atoms with E-state index in [1.54, 1.807) is 0 Å². The number of nitrogens with one attached hydrogen (secondary N) is 1. The molecule has 0 aliphatic heterocycles. The Labute approximate surface area is 125 Å². The second kappa shape index (κ2) is 7.60. The molecule has 2 rings (SSSR count). The van der Waals surface area contributed by atoms with Crippen LogP contribution in [0.2, 0.25) is 0 Å². The smallest absolute Gasteiger partial charge is 0.224 e. The molecule has 0 aliphatic carbocycles. The number of aliphatic hydroxyl groups is 1. The lowest BCUT2D eigenvalue weighted by Crippen LogP contribution is -2.27. The first-order chi connectivity index (χ1) is 10.2. The highest BCUT2D eigenvalue weighted by Crippen LogP contribution is 2.05. The lowest BCUT2D eigenvalue weighted by Gasteiger charge is -2.06. The molecule has 2 aromatic rings. The van der Waals surface area contributed by atoms with E-state index in [4.69, 9.17) is 5.11 Å². The van der Waals surface area contributed by atoms with Gasteiger partial charge in [-0.3, -0.25) is 4.79 Å². The van der Waals surface area contributed by atoms with Crippen LogP contribution in [0, 0.1) is 6.92 Å². The molecule has 0 unspecified atom stereocenters. The van der Waals surface area contributed by atoms with E-state index >= 15 is 0 Å². The Bertz CT molecular complexity index is 573. The number of rotatable bonds is 6. The van der Waals surface area contributed by atoms with Crippen molar-refractivity contribution in [3.05, 3.63) is 70.8 Å². The minimum Gasteiger partial charge on any atom is -0.392 e. The van der Waals surface area contributed by atoms with Crippen molar-refractivity contribution >= 4 is 5.91 Å². The number of carbonyl (C=O) groups is 1. The Morgan fingerprint density at radius 3 is 2.14 bits per heavy atom. The molecule has 21 heavy (non-hydrogen) atoms. The third kappa shape index (κ3) is 5.04. The molecule has 0 fully saturated rings. The van der Waals surface area contributed by atoms with Crippen LogP contribution in [0.3, 0.4) is 0 Å². The van der Waals surface area contributed by atoms with Gasteiger partial charge in [0.25, 0.3) is 0 Å². The van der Waals surface area contributed by atoms with Crippen LogP contribution < -0.4 is 5.32 Å². The molecule has 0 aliphatic rings. The van der Waals surface area contributed by atoms with Gasteiger partial charge < -0.3 is 10.4 Å². The van der Waals surface area contributed by atoms with Crippen LogP contribution in [-0.4, -0.2) is 17.6 Å². The van der Waals surface area contributed by atoms with Crippen molar-refractivity contribution in [3.8, 4) is 0 Å². The fourth-order valence-corrected chi connectivity index (χ4v) is 2.11. The number of hydrogen-bond acceptors (Lipinski definition) is 2. The molecule has 3 nitrogen and oxygen atoms in total. The van der Waals surface area contributed by atoms with Crippen molar-refractivity contribution in [1.29, 1.82) is 0 Å². The maximum atomic E-state index is 11.8. The van der Waals surface area contributed by atoms with Crippen LogP contribution in [0.1, 0.15) is 22.3 Å². The molecule has 0 atom stereocenters. The van der Waals surface area contributed by atoms with E-state index < -0.39 is 0 Å². The molecule has 0 heterocycles. The Morgan fingerprint density at radius 2 is 1.52 bits per heavy atom. The van der Waals surface area contributed by atoms with Crippen LogP contribution >= 0.6 is 0 Å². The second-order valence-corrected chi connectivity index (χ2v) is 5.24. The minimum absolute atomic E-state index is 0.0471. The van der Waals surface area contributed by atoms with E-state index in [0.717, 1.165) is 23.1 Å². The molecule has 2 aromatic carbocycles. The van der Waals surface area contributed by atoms with Crippen molar-refractivity contribution in [1.82, 2.24) is 5.32 Å². The van der Waals surface area contributed by atoms with Gasteiger partial charge in [-0.1, -0.05) is 54.1 Å². The van der Waals surface area contributed by atoms with Gasteiger partial charge >= 0.3 is 0 Å². The average molecular weight is 283 g/mol. The summed E-state index contributed by atoms with van der Waals surface area (Å²) in [7, 11) is 0. The van der Waals surface area contributed by atoms with Crippen molar-refractivity contribution in [3.63, 3.8) is 0 Å². The molecule has 2 N–H and O–H groups in total. The molecular formula is C18H21NO2. The summed E-state index contributed by atoms with van der Waals surface area (Å²) in [4.78, 5) is 11.8. The third-order valence-electron chi connectivity index (χ3n) is 3.43. The molecule has 1 amide bonds. The minimum atomic E-state index is 0.0471. The van der Waals surface area contributed by atoms with Gasteiger partial charge in [0.1, 0.15) is 0 Å². The zero-order chi connectivity index (χ0) is 15.1. The highest BCUT2D eigenvalue weighted by molar-refractivity contribution is 5.78. The Hall–Kier alpha value is -2.13. The van der Waals surface area contributed by atoms with Gasteiger partial charge in [-0.2, -0.15) is 0 Å². The highest BCUT2D eigenvalue weighted by Gasteiger charge is 2.03. The van der Waals surface area contributed by atoms with Gasteiger partial charge in [-0.25, -0.2) is 0 Å². The number of carbonyl (C=O) groups excluding carboxylic acids is 1. The molecule has 0 spiro atoms. The predicted octanol–water partition coefficient (Wildman–Crippen LogP) is 2.39. The fourth-order valence-electron chi connectivity index (χ4n) is 2.11. The van der Waals surface area contributed by atoms with E-state index in [0.29, 0.717) is 13.0 Å². The summed E-state index contributed by atoms with van der Waals surface area (Å²) in [5.41, 5.74) is 4.29. The average Bonchev–Trinajstić information content (AvgIpc) is 2.50. The van der Waals surface area contributed by atoms with E-state index in [1.165, 1.54) is 5.56 Å². The molecule has 0 bridgehead atoms. The Morgan fingerprint density at radius 1 is 0.952 bits per heavy atom. The van der Waals surface area contributed by atoms with Crippen molar-refractivity contribution in [2.24, 2.45) is 0 Å². The van der Waals surface area contributed by atoms with Crippen LogP contribution in [0.4, 0.5) is 0 Å². The molecule has 0 radical (unpaired) electrons. The number of amides is 1. The largest absolute Gasteiger partial charge is 0.392 e. The topological polar surface area (TPSA) is 49.3 Å². The summed E-state index contributed by atoms with van der Waals surface area (Å²) in [6.45, 7) is 2.72. The van der Waals surface area contributed by atoms with E-state index in [-0.39, 0.29) is 12.5 Å². The first-order valence-electron chi connectivity index (χ1n) is 7.18. The molecule has 0 aromatic heterocycles. The van der Waals surface area contributed by atoms with E-state index in [9.17, 15) is 4.79 Å². The first kappa shape index (κ1) is 15.3. The number of hydrogen-bond donors (Lipinski definition) is 2. The van der Waals surface area contributed by atoms with Crippen molar-refractivity contribution in [2.75, 3.05) is 6.54 Å². The Kier molecular flexibility index (Phi) is 5.52. The quantitative estimate of drug-likeness (QED) is 0.855. The first-order valence-corrected chi connectivity index (χ1v) is 7.18. The van der Waals surface area contributed by atoms with Gasteiger partial charge in [0.2, 0.25) is 5.91 Å². The molecule has 3 heteroatoms. The van der Waals surface area contributed by atoms with E-state index in [1.807, 2.05) is 55.5 Å². The van der Waals surface area contributed by atoms with Gasteiger partial charge in [0, 0.05) is 6.54 Å². The normalized spacial score (nSPS) is 10.4. The summed E-state index contributed by atoms with van der Waals surface area (Å²) in [6.07, 6.45) is 1.22. The lowest BCUT2D eigenvalue weighted by molar-refractivity contribution is -0.120. The highest BCUT2D eigenvalue weighted by atomic mass is 16.3. The molecule has 110 valence electrons. The standard InChI is InChI=1S/C18H21NO2/c1-14-2-4-16(5-3-14)12-18(21)19-11-10-15-6-8-17(13-20)9-7-15/h2-9,20H,10-13H2,1H3,(H,19,21). The zero-order valence-electron chi connectivity index (χ0n) is 12.3. The van der Waals surface area contributed by atoms with Crippen LogP contribution in [0.5, 0.6) is 0 Å². The number of aliphatic hydroxyl groups excluding tert-OH is 1. The van der Waals surface area contributed by atoms with Crippen LogP contribution in [0.15, 0.2) is 48.5 Å². The number of benzene rings is 2. The SMILES string of the molecule is Cc1ccc(CC(=O)NCCc2ccc(CO)cc2)cc1.